The van der Waals surface area contributed by atoms with E-state index in [1.165, 1.54) is 0 Å². The SMILES string of the molecule is Bc1ccccc1OCC(OCC)OCC. The summed E-state index contributed by atoms with van der Waals surface area (Å²) in [6.45, 7) is 5.57. The Labute approximate surface area is 98.1 Å². The molecule has 0 saturated carbocycles. The molecule has 0 radical (unpaired) electrons. The third-order valence-corrected chi connectivity index (χ3v) is 2.17. The molecule has 0 aliphatic rings. The Balaban J connectivity index is 2.45. The molecule has 4 heteroatoms. The minimum Gasteiger partial charge on any atom is -0.489 e. The fraction of sp³-hybridized carbons (Fsp3) is 0.500. The highest BCUT2D eigenvalue weighted by molar-refractivity contribution is 6.34. The van der Waals surface area contributed by atoms with Crippen LogP contribution in [0, 0.1) is 0 Å². The molecule has 1 rings (SSSR count). The van der Waals surface area contributed by atoms with Gasteiger partial charge in [0.2, 0.25) is 0 Å². The molecule has 0 bridgehead atoms. The van der Waals surface area contributed by atoms with E-state index < -0.39 is 0 Å². The summed E-state index contributed by atoms with van der Waals surface area (Å²) in [4.78, 5) is 0. The van der Waals surface area contributed by atoms with Crippen LogP contribution >= 0.6 is 0 Å². The van der Waals surface area contributed by atoms with Crippen LogP contribution in [0.3, 0.4) is 0 Å². The van der Waals surface area contributed by atoms with E-state index in [1.54, 1.807) is 0 Å². The molecule has 0 aliphatic carbocycles. The second kappa shape index (κ2) is 7.31. The van der Waals surface area contributed by atoms with Gasteiger partial charge in [0.15, 0.2) is 6.29 Å². The fourth-order valence-electron chi connectivity index (χ4n) is 1.39. The average molecular weight is 222 g/mol. The Morgan fingerprint density at radius 1 is 1.12 bits per heavy atom. The maximum absolute atomic E-state index is 5.65. The Morgan fingerprint density at radius 2 is 1.75 bits per heavy atom. The third kappa shape index (κ3) is 4.25. The van der Waals surface area contributed by atoms with Crippen molar-refractivity contribution in [2.75, 3.05) is 19.8 Å². The summed E-state index contributed by atoms with van der Waals surface area (Å²) in [6.07, 6.45) is -0.283. The molecule has 0 spiro atoms. The van der Waals surface area contributed by atoms with Gasteiger partial charge in [-0.2, -0.15) is 0 Å². The van der Waals surface area contributed by atoms with Crippen molar-refractivity contribution in [1.82, 2.24) is 0 Å². The maximum atomic E-state index is 5.65. The molecule has 1 aromatic rings. The molecule has 1 aromatic carbocycles. The Kier molecular flexibility index (Phi) is 5.97. The summed E-state index contributed by atoms with van der Waals surface area (Å²) in [6, 6.07) is 7.92. The first kappa shape index (κ1) is 13.1. The van der Waals surface area contributed by atoms with Gasteiger partial charge in [-0.1, -0.05) is 18.2 Å². The lowest BCUT2D eigenvalue weighted by Crippen LogP contribution is -2.26. The van der Waals surface area contributed by atoms with Crippen molar-refractivity contribution in [3.8, 4) is 5.75 Å². The molecular weight excluding hydrogens is 203 g/mol. The van der Waals surface area contributed by atoms with Crippen LogP contribution in [0.1, 0.15) is 13.8 Å². The lowest BCUT2D eigenvalue weighted by Gasteiger charge is -2.18. The van der Waals surface area contributed by atoms with Crippen molar-refractivity contribution in [2.24, 2.45) is 0 Å². The van der Waals surface area contributed by atoms with E-state index in [0.717, 1.165) is 11.2 Å². The molecule has 0 saturated heterocycles. The number of ether oxygens (including phenoxy) is 3. The second-order valence-electron chi connectivity index (χ2n) is 3.42. The third-order valence-electron chi connectivity index (χ3n) is 2.17. The van der Waals surface area contributed by atoms with Gasteiger partial charge in [0.25, 0.3) is 0 Å². The van der Waals surface area contributed by atoms with Gasteiger partial charge < -0.3 is 14.2 Å². The summed E-state index contributed by atoms with van der Waals surface area (Å²) in [5.41, 5.74) is 1.12. The van der Waals surface area contributed by atoms with Gasteiger partial charge in [0.05, 0.1) is 0 Å². The highest BCUT2D eigenvalue weighted by atomic mass is 16.7. The van der Waals surface area contributed by atoms with Gasteiger partial charge in [-0.05, 0) is 25.4 Å². The Bertz CT molecular complexity index is 298. The minimum atomic E-state index is -0.283. The van der Waals surface area contributed by atoms with E-state index in [-0.39, 0.29) is 6.29 Å². The molecule has 0 fully saturated rings. The molecule has 0 aliphatic heterocycles. The van der Waals surface area contributed by atoms with E-state index in [0.29, 0.717) is 19.8 Å². The van der Waals surface area contributed by atoms with E-state index >= 15 is 0 Å². The molecule has 16 heavy (non-hydrogen) atoms. The zero-order chi connectivity index (χ0) is 11.8. The largest absolute Gasteiger partial charge is 0.489 e. The second-order valence-corrected chi connectivity index (χ2v) is 3.42. The van der Waals surface area contributed by atoms with Gasteiger partial charge in [0.1, 0.15) is 20.2 Å². The van der Waals surface area contributed by atoms with Crippen molar-refractivity contribution in [1.29, 1.82) is 0 Å². The van der Waals surface area contributed by atoms with Crippen molar-refractivity contribution in [3.05, 3.63) is 24.3 Å². The first-order chi connectivity index (χ1) is 7.77. The maximum Gasteiger partial charge on any atom is 0.191 e. The van der Waals surface area contributed by atoms with Crippen LogP contribution in [0.2, 0.25) is 0 Å². The highest BCUT2D eigenvalue weighted by Crippen LogP contribution is 2.06. The van der Waals surface area contributed by atoms with Gasteiger partial charge in [-0.25, -0.2) is 0 Å². The van der Waals surface area contributed by atoms with Gasteiger partial charge in [0, 0.05) is 13.2 Å². The molecular formula is C12H19BO3. The number of hydrogen-bond acceptors (Lipinski definition) is 3. The predicted octanol–water partition coefficient (Wildman–Crippen LogP) is 0.723. The Morgan fingerprint density at radius 3 is 2.31 bits per heavy atom. The first-order valence-electron chi connectivity index (χ1n) is 5.69. The molecule has 0 atom stereocenters. The molecule has 88 valence electrons. The van der Waals surface area contributed by atoms with Crippen LogP contribution in [0.4, 0.5) is 0 Å². The predicted molar refractivity (Wildman–Crippen MR) is 67.2 cm³/mol. The normalized spacial score (nSPS) is 10.7. The Hall–Kier alpha value is -0.995. The van der Waals surface area contributed by atoms with E-state index in [4.69, 9.17) is 14.2 Å². The fourth-order valence-corrected chi connectivity index (χ4v) is 1.39. The van der Waals surface area contributed by atoms with Gasteiger partial charge in [-0.3, -0.25) is 0 Å². The standard InChI is InChI=1S/C12H19BO3/c1-3-14-12(15-4-2)9-16-11-8-6-5-7-10(11)13/h5-8,12H,3-4,9,13H2,1-2H3. The summed E-state index contributed by atoms with van der Waals surface area (Å²) in [7, 11) is 2.02. The summed E-state index contributed by atoms with van der Waals surface area (Å²) >= 11 is 0. The molecule has 0 amide bonds. The number of benzene rings is 1. The van der Waals surface area contributed by atoms with Crippen LogP contribution < -0.4 is 10.2 Å². The zero-order valence-corrected chi connectivity index (χ0v) is 10.2. The van der Waals surface area contributed by atoms with Crippen LogP contribution in [-0.2, 0) is 9.47 Å². The molecule has 3 nitrogen and oxygen atoms in total. The molecule has 0 heterocycles. The summed E-state index contributed by atoms with van der Waals surface area (Å²) < 4.78 is 16.4. The molecule has 0 N–H and O–H groups in total. The van der Waals surface area contributed by atoms with Crippen molar-refractivity contribution in [2.45, 2.75) is 20.1 Å². The molecule has 0 unspecified atom stereocenters. The van der Waals surface area contributed by atoms with E-state index in [1.807, 2.05) is 46.0 Å². The van der Waals surface area contributed by atoms with Crippen LogP contribution in [0.15, 0.2) is 24.3 Å². The lowest BCUT2D eigenvalue weighted by molar-refractivity contribution is -0.152. The minimum absolute atomic E-state index is 0.283. The number of para-hydroxylation sites is 1. The molecule has 0 aromatic heterocycles. The lowest BCUT2D eigenvalue weighted by atomic mass is 9.95. The van der Waals surface area contributed by atoms with E-state index in [2.05, 4.69) is 0 Å². The van der Waals surface area contributed by atoms with Crippen molar-refractivity contribution >= 4 is 13.3 Å². The van der Waals surface area contributed by atoms with E-state index in [9.17, 15) is 0 Å². The van der Waals surface area contributed by atoms with Crippen molar-refractivity contribution in [3.63, 3.8) is 0 Å². The van der Waals surface area contributed by atoms with Crippen LogP contribution in [-0.4, -0.2) is 34.0 Å². The van der Waals surface area contributed by atoms with Crippen LogP contribution in [0.5, 0.6) is 5.75 Å². The number of hydrogen-bond donors (Lipinski definition) is 0. The van der Waals surface area contributed by atoms with Gasteiger partial charge in [-0.15, -0.1) is 0 Å². The zero-order valence-electron chi connectivity index (χ0n) is 10.2. The first-order valence-corrected chi connectivity index (χ1v) is 5.69. The summed E-state index contributed by atoms with van der Waals surface area (Å²) in [5, 5.41) is 0. The van der Waals surface area contributed by atoms with Crippen molar-refractivity contribution < 1.29 is 14.2 Å². The average Bonchev–Trinajstić information content (AvgIpc) is 2.28. The quantitative estimate of drug-likeness (QED) is 0.502. The highest BCUT2D eigenvalue weighted by Gasteiger charge is 2.09. The summed E-state index contributed by atoms with van der Waals surface area (Å²) in [5.74, 6) is 0.881. The monoisotopic (exact) mass is 222 g/mol. The van der Waals surface area contributed by atoms with Gasteiger partial charge >= 0.3 is 0 Å². The smallest absolute Gasteiger partial charge is 0.191 e. The topological polar surface area (TPSA) is 27.7 Å². The number of rotatable bonds is 7. The van der Waals surface area contributed by atoms with Crippen LogP contribution in [0.25, 0.3) is 0 Å².